The van der Waals surface area contributed by atoms with Gasteiger partial charge in [-0.25, -0.2) is 0 Å². The molecule has 1 aromatic heterocycles. The van der Waals surface area contributed by atoms with Gasteiger partial charge in [0, 0.05) is 18.7 Å². The van der Waals surface area contributed by atoms with E-state index in [0.717, 1.165) is 11.6 Å². The van der Waals surface area contributed by atoms with Gasteiger partial charge in [0.1, 0.15) is 5.82 Å². The summed E-state index contributed by atoms with van der Waals surface area (Å²) in [7, 11) is 1.41. The molecule has 2 aromatic carbocycles. The maximum atomic E-state index is 14.0. The number of aryl methyl sites for hydroxylation is 1. The van der Waals surface area contributed by atoms with Gasteiger partial charge in [-0.05, 0) is 25.0 Å². The lowest BCUT2D eigenvalue weighted by Gasteiger charge is -2.20. The molecule has 1 amide bonds. The van der Waals surface area contributed by atoms with Gasteiger partial charge >= 0.3 is 6.18 Å². The van der Waals surface area contributed by atoms with Crippen LogP contribution >= 0.6 is 0 Å². The maximum Gasteiger partial charge on any atom is 0.417 e. The van der Waals surface area contributed by atoms with E-state index in [-0.39, 0.29) is 29.0 Å². The summed E-state index contributed by atoms with van der Waals surface area (Å²) in [5.41, 5.74) is 0.113. The van der Waals surface area contributed by atoms with Gasteiger partial charge in [0.2, 0.25) is 5.88 Å². The van der Waals surface area contributed by atoms with Crippen LogP contribution in [0.15, 0.2) is 60.7 Å². The smallest absolute Gasteiger partial charge is 0.417 e. The molecule has 0 aliphatic carbocycles. The molecular weight excluding hydrogens is 445 g/mol. The molecule has 3 N–H and O–H groups in total. The Morgan fingerprint density at radius 3 is 2.38 bits per heavy atom. The number of alkyl halides is 3. The standard InChI is InChI=1S/C25H25F3N4O2/c1-15-9-7-8-12-18(15)23(29)22-19(25(26,27)28)13-21(32-24(22)30-3)34-14-20(33)31-16(2)17-10-5-4-6-11-17/h4-13,16,29H,14H2,1-3H3,(H,30,32)(H,31,33). The van der Waals surface area contributed by atoms with Crippen LogP contribution in [0.2, 0.25) is 0 Å². The van der Waals surface area contributed by atoms with Gasteiger partial charge in [0.25, 0.3) is 5.91 Å². The van der Waals surface area contributed by atoms with Gasteiger partial charge in [0.05, 0.1) is 22.9 Å². The van der Waals surface area contributed by atoms with E-state index in [4.69, 9.17) is 10.1 Å². The van der Waals surface area contributed by atoms with Crippen LogP contribution in [0.25, 0.3) is 0 Å². The Kier molecular flexibility index (Phi) is 7.55. The summed E-state index contributed by atoms with van der Waals surface area (Å²) in [4.78, 5) is 16.4. The summed E-state index contributed by atoms with van der Waals surface area (Å²) >= 11 is 0. The highest BCUT2D eigenvalue weighted by atomic mass is 19.4. The highest BCUT2D eigenvalue weighted by Crippen LogP contribution is 2.38. The molecule has 0 saturated heterocycles. The van der Waals surface area contributed by atoms with Crippen LogP contribution in [0.3, 0.4) is 0 Å². The lowest BCUT2D eigenvalue weighted by Crippen LogP contribution is -2.31. The molecule has 0 radical (unpaired) electrons. The number of carbonyl (C=O) groups excluding carboxylic acids is 1. The van der Waals surface area contributed by atoms with E-state index < -0.39 is 24.3 Å². The number of pyridine rings is 1. The average molecular weight is 470 g/mol. The van der Waals surface area contributed by atoms with E-state index in [2.05, 4.69) is 15.6 Å². The Labute approximate surface area is 195 Å². The minimum atomic E-state index is -4.78. The molecule has 1 heterocycles. The third-order valence-electron chi connectivity index (χ3n) is 5.23. The van der Waals surface area contributed by atoms with E-state index in [0.29, 0.717) is 11.1 Å². The van der Waals surface area contributed by atoms with E-state index in [9.17, 15) is 18.0 Å². The van der Waals surface area contributed by atoms with Crippen LogP contribution in [-0.4, -0.2) is 30.3 Å². The number of nitrogens with zero attached hydrogens (tertiary/aromatic N) is 1. The second-order valence-corrected chi connectivity index (χ2v) is 7.66. The van der Waals surface area contributed by atoms with E-state index in [1.54, 1.807) is 38.1 Å². The lowest BCUT2D eigenvalue weighted by atomic mass is 9.95. The molecule has 178 valence electrons. The highest BCUT2D eigenvalue weighted by Gasteiger charge is 2.37. The molecule has 9 heteroatoms. The predicted molar refractivity (Wildman–Crippen MR) is 124 cm³/mol. The van der Waals surface area contributed by atoms with Crippen LogP contribution in [0.5, 0.6) is 5.88 Å². The number of hydrogen-bond donors (Lipinski definition) is 3. The third-order valence-corrected chi connectivity index (χ3v) is 5.23. The molecule has 0 bridgehead atoms. The quantitative estimate of drug-likeness (QED) is 0.399. The fourth-order valence-corrected chi connectivity index (χ4v) is 3.49. The molecule has 0 aliphatic rings. The van der Waals surface area contributed by atoms with Crippen molar-refractivity contribution in [1.29, 1.82) is 5.41 Å². The van der Waals surface area contributed by atoms with E-state index in [1.807, 2.05) is 30.3 Å². The van der Waals surface area contributed by atoms with Gasteiger partial charge in [-0.1, -0.05) is 54.6 Å². The second-order valence-electron chi connectivity index (χ2n) is 7.66. The highest BCUT2D eigenvalue weighted by molar-refractivity contribution is 6.15. The van der Waals surface area contributed by atoms with Crippen LogP contribution in [0.1, 0.15) is 40.8 Å². The fourth-order valence-electron chi connectivity index (χ4n) is 3.49. The summed E-state index contributed by atoms with van der Waals surface area (Å²) in [6.45, 7) is 2.99. The topological polar surface area (TPSA) is 87.1 Å². The molecule has 0 fully saturated rings. The van der Waals surface area contributed by atoms with Gasteiger partial charge in [-0.3, -0.25) is 10.2 Å². The zero-order valence-electron chi connectivity index (χ0n) is 19.0. The third kappa shape index (κ3) is 5.72. The zero-order valence-corrected chi connectivity index (χ0v) is 19.0. The van der Waals surface area contributed by atoms with Crippen LogP contribution < -0.4 is 15.4 Å². The van der Waals surface area contributed by atoms with Crippen LogP contribution in [0.4, 0.5) is 19.0 Å². The number of nitrogens with one attached hydrogen (secondary N) is 3. The molecule has 0 saturated carbocycles. The SMILES string of the molecule is CNc1nc(OCC(=O)NC(C)c2ccccc2)cc(C(F)(F)F)c1C(=N)c1ccccc1C. The largest absolute Gasteiger partial charge is 0.467 e. The van der Waals surface area contributed by atoms with Crippen LogP contribution in [-0.2, 0) is 11.0 Å². The number of aromatic nitrogens is 1. The van der Waals surface area contributed by atoms with Crippen molar-refractivity contribution >= 4 is 17.4 Å². The minimum Gasteiger partial charge on any atom is -0.467 e. The number of hydrogen-bond acceptors (Lipinski definition) is 5. The monoisotopic (exact) mass is 470 g/mol. The zero-order chi connectivity index (χ0) is 24.9. The number of amides is 1. The van der Waals surface area contributed by atoms with Crippen molar-refractivity contribution < 1.29 is 22.7 Å². The number of carbonyl (C=O) groups is 1. The molecule has 1 atom stereocenters. The van der Waals surface area contributed by atoms with Gasteiger partial charge in [-0.2, -0.15) is 18.2 Å². The van der Waals surface area contributed by atoms with Gasteiger partial charge < -0.3 is 15.4 Å². The summed E-state index contributed by atoms with van der Waals surface area (Å²) in [6, 6.07) is 16.4. The van der Waals surface area contributed by atoms with E-state index in [1.165, 1.54) is 7.05 Å². The van der Waals surface area contributed by atoms with Crippen molar-refractivity contribution in [3.8, 4) is 5.88 Å². The summed E-state index contributed by atoms with van der Waals surface area (Å²) < 4.78 is 47.3. The molecule has 1 unspecified atom stereocenters. The van der Waals surface area contributed by atoms with Crippen molar-refractivity contribution in [2.75, 3.05) is 19.0 Å². The van der Waals surface area contributed by atoms with Crippen LogP contribution in [0, 0.1) is 12.3 Å². The second kappa shape index (κ2) is 10.4. The Morgan fingerprint density at radius 2 is 1.76 bits per heavy atom. The molecular formula is C25H25F3N4O2. The summed E-state index contributed by atoms with van der Waals surface area (Å²) in [6.07, 6.45) is -4.78. The summed E-state index contributed by atoms with van der Waals surface area (Å²) in [5.74, 6) is -1.05. The Bertz CT molecular complexity index is 1180. The number of rotatable bonds is 8. The van der Waals surface area contributed by atoms with Crippen molar-refractivity contribution in [1.82, 2.24) is 10.3 Å². The first-order valence-electron chi connectivity index (χ1n) is 10.5. The number of anilines is 1. The average Bonchev–Trinajstić information content (AvgIpc) is 2.82. The van der Waals surface area contributed by atoms with Gasteiger partial charge in [0.15, 0.2) is 6.61 Å². The molecule has 34 heavy (non-hydrogen) atoms. The molecule has 6 nitrogen and oxygen atoms in total. The van der Waals surface area contributed by atoms with Crippen molar-refractivity contribution in [2.24, 2.45) is 0 Å². The predicted octanol–water partition coefficient (Wildman–Crippen LogP) is 5.12. The first-order valence-corrected chi connectivity index (χ1v) is 10.5. The molecule has 0 aliphatic heterocycles. The number of halogens is 3. The summed E-state index contributed by atoms with van der Waals surface area (Å²) in [5, 5.41) is 13.9. The minimum absolute atomic E-state index is 0.170. The number of benzene rings is 2. The van der Waals surface area contributed by atoms with Gasteiger partial charge in [-0.15, -0.1) is 0 Å². The Balaban J connectivity index is 1.86. The van der Waals surface area contributed by atoms with Crippen molar-refractivity contribution in [3.63, 3.8) is 0 Å². The molecule has 3 rings (SSSR count). The molecule has 3 aromatic rings. The fraction of sp³-hybridized carbons (Fsp3) is 0.240. The van der Waals surface area contributed by atoms with Crippen molar-refractivity contribution in [3.05, 3.63) is 88.5 Å². The van der Waals surface area contributed by atoms with Crippen molar-refractivity contribution in [2.45, 2.75) is 26.1 Å². The lowest BCUT2D eigenvalue weighted by molar-refractivity contribution is -0.137. The van der Waals surface area contributed by atoms with E-state index >= 15 is 0 Å². The number of ether oxygens (including phenoxy) is 1. The Hall–Kier alpha value is -3.88. The maximum absolute atomic E-state index is 14.0. The normalized spacial score (nSPS) is 12.1. The first kappa shape index (κ1) is 24.8. The molecule has 0 spiro atoms. The first-order chi connectivity index (χ1) is 16.1. The Morgan fingerprint density at radius 1 is 1.12 bits per heavy atom.